The molecule has 0 heterocycles. The summed E-state index contributed by atoms with van der Waals surface area (Å²) < 4.78 is 0. The Labute approximate surface area is 132 Å². The second-order valence-corrected chi connectivity index (χ2v) is 11.8. The summed E-state index contributed by atoms with van der Waals surface area (Å²) >= 11 is 0. The molecular formula is C20H29P. The van der Waals surface area contributed by atoms with Crippen LogP contribution in [-0.2, 0) is 0 Å². The minimum absolute atomic E-state index is 0.256. The molecule has 0 nitrogen and oxygen atoms in total. The minimum Gasteiger partial charge on any atom is -0.0798 e. The summed E-state index contributed by atoms with van der Waals surface area (Å²) in [4.78, 5) is 0. The lowest BCUT2D eigenvalue weighted by Gasteiger charge is -2.42. The van der Waals surface area contributed by atoms with E-state index < -0.39 is 0 Å². The van der Waals surface area contributed by atoms with Gasteiger partial charge in [0, 0.05) is 0 Å². The van der Waals surface area contributed by atoms with Crippen molar-refractivity contribution >= 4 is 18.8 Å². The maximum absolute atomic E-state index is 2.40. The van der Waals surface area contributed by atoms with Crippen molar-refractivity contribution in [2.75, 3.05) is 0 Å². The van der Waals surface area contributed by atoms with Crippen LogP contribution in [0, 0.1) is 0 Å². The minimum atomic E-state index is -0.256. The Hall–Kier alpha value is -0.870. The van der Waals surface area contributed by atoms with Crippen LogP contribution in [0.15, 0.2) is 42.0 Å². The van der Waals surface area contributed by atoms with Gasteiger partial charge in [0.05, 0.1) is 0 Å². The predicted octanol–water partition coefficient (Wildman–Crippen LogP) is 6.12. The van der Waals surface area contributed by atoms with E-state index in [9.17, 15) is 0 Å². The molecule has 0 amide bonds. The van der Waals surface area contributed by atoms with Gasteiger partial charge in [0.15, 0.2) is 0 Å². The van der Waals surface area contributed by atoms with Crippen LogP contribution in [0.5, 0.6) is 0 Å². The van der Waals surface area contributed by atoms with E-state index >= 15 is 0 Å². The summed E-state index contributed by atoms with van der Waals surface area (Å²) in [5.74, 6) is 0. The summed E-state index contributed by atoms with van der Waals surface area (Å²) in [7, 11) is -0.256. The molecule has 0 aliphatic heterocycles. The zero-order chi connectivity index (χ0) is 15.8. The van der Waals surface area contributed by atoms with Crippen molar-refractivity contribution in [2.45, 2.75) is 65.2 Å². The summed E-state index contributed by atoms with van der Waals surface area (Å²) in [6.45, 7) is 16.6. The highest BCUT2D eigenvalue weighted by atomic mass is 31.1. The lowest BCUT2D eigenvalue weighted by Crippen LogP contribution is -2.32. The topological polar surface area (TPSA) is 0 Å². The smallest absolute Gasteiger partial charge is 0.00854 e. The number of rotatable bonds is 2. The van der Waals surface area contributed by atoms with E-state index in [1.165, 1.54) is 16.7 Å². The zero-order valence-corrected chi connectivity index (χ0v) is 15.5. The maximum Gasteiger partial charge on any atom is -0.00854 e. The first-order chi connectivity index (χ1) is 9.62. The fourth-order valence-electron chi connectivity index (χ4n) is 3.59. The van der Waals surface area contributed by atoms with E-state index in [0.717, 1.165) is 6.42 Å². The third-order valence-corrected chi connectivity index (χ3v) is 7.53. The van der Waals surface area contributed by atoms with Crippen LogP contribution in [0.4, 0.5) is 0 Å². The summed E-state index contributed by atoms with van der Waals surface area (Å²) in [5.41, 5.74) is 4.43. The van der Waals surface area contributed by atoms with E-state index in [0.29, 0.717) is 10.3 Å². The fraction of sp³-hybridized carbons (Fsp3) is 0.500. The van der Waals surface area contributed by atoms with Crippen molar-refractivity contribution in [2.24, 2.45) is 0 Å². The van der Waals surface area contributed by atoms with Crippen LogP contribution >= 0.6 is 7.92 Å². The van der Waals surface area contributed by atoms with Crippen molar-refractivity contribution in [3.8, 4) is 0 Å². The summed E-state index contributed by atoms with van der Waals surface area (Å²) in [5, 5.41) is 2.19. The molecule has 21 heavy (non-hydrogen) atoms. The quantitative estimate of drug-likeness (QED) is 0.577. The normalized spacial score (nSPS) is 16.2. The van der Waals surface area contributed by atoms with Gasteiger partial charge in [0.1, 0.15) is 0 Å². The molecule has 1 heteroatoms. The van der Waals surface area contributed by atoms with Gasteiger partial charge in [-0.25, -0.2) is 0 Å². The molecule has 0 saturated carbocycles. The van der Waals surface area contributed by atoms with Crippen LogP contribution in [0.3, 0.4) is 0 Å². The van der Waals surface area contributed by atoms with Crippen molar-refractivity contribution in [1.29, 1.82) is 0 Å². The van der Waals surface area contributed by atoms with Gasteiger partial charge in [0.25, 0.3) is 0 Å². The highest BCUT2D eigenvalue weighted by Crippen LogP contribution is 2.59. The molecule has 0 atom stereocenters. The molecule has 0 spiro atoms. The van der Waals surface area contributed by atoms with Crippen LogP contribution < -0.4 is 5.30 Å². The summed E-state index contributed by atoms with van der Waals surface area (Å²) in [6, 6.07) is 9.10. The van der Waals surface area contributed by atoms with Crippen LogP contribution in [0.1, 0.15) is 60.5 Å². The average molecular weight is 300 g/mol. The zero-order valence-electron chi connectivity index (χ0n) is 14.6. The van der Waals surface area contributed by atoms with Gasteiger partial charge in [0.2, 0.25) is 0 Å². The molecule has 0 radical (unpaired) electrons. The van der Waals surface area contributed by atoms with E-state index in [4.69, 9.17) is 0 Å². The van der Waals surface area contributed by atoms with Crippen LogP contribution in [-0.4, -0.2) is 10.3 Å². The second kappa shape index (κ2) is 5.73. The van der Waals surface area contributed by atoms with Crippen molar-refractivity contribution in [3.05, 3.63) is 47.6 Å². The number of hydrogen-bond donors (Lipinski definition) is 0. The van der Waals surface area contributed by atoms with E-state index in [1.807, 2.05) is 0 Å². The Bertz CT molecular complexity index is 563. The number of hydrogen-bond acceptors (Lipinski definition) is 0. The van der Waals surface area contributed by atoms with E-state index in [-0.39, 0.29) is 7.92 Å². The summed E-state index contributed by atoms with van der Waals surface area (Å²) in [6.07, 6.45) is 5.64. The van der Waals surface area contributed by atoms with Gasteiger partial charge < -0.3 is 0 Å². The van der Waals surface area contributed by atoms with Crippen LogP contribution in [0.25, 0.3) is 5.57 Å². The Morgan fingerprint density at radius 1 is 0.905 bits per heavy atom. The van der Waals surface area contributed by atoms with Crippen LogP contribution in [0.2, 0.25) is 0 Å². The highest BCUT2D eigenvalue weighted by molar-refractivity contribution is 7.68. The molecule has 1 aliphatic carbocycles. The average Bonchev–Trinajstić information content (AvgIpc) is 2.72. The number of allylic oxidation sites excluding steroid dienone is 4. The molecule has 1 aromatic rings. The van der Waals surface area contributed by atoms with Gasteiger partial charge in [-0.1, -0.05) is 85.9 Å². The molecule has 0 N–H and O–H groups in total. The third-order valence-electron chi connectivity index (χ3n) is 3.98. The van der Waals surface area contributed by atoms with E-state index in [1.54, 1.807) is 5.30 Å². The van der Waals surface area contributed by atoms with Gasteiger partial charge in [-0.15, -0.1) is 0 Å². The highest BCUT2D eigenvalue weighted by Gasteiger charge is 2.37. The molecule has 0 unspecified atom stereocenters. The van der Waals surface area contributed by atoms with Gasteiger partial charge in [-0.3, -0.25) is 0 Å². The fourth-order valence-corrected chi connectivity index (χ4v) is 7.73. The molecule has 114 valence electrons. The molecule has 0 saturated heterocycles. The first-order valence-electron chi connectivity index (χ1n) is 7.88. The monoisotopic (exact) mass is 300 g/mol. The molecule has 0 bridgehead atoms. The molecule has 0 aromatic heterocycles. The third kappa shape index (κ3) is 3.49. The Kier molecular flexibility index (Phi) is 4.50. The Balaban J connectivity index is 2.61. The lowest BCUT2D eigenvalue weighted by atomic mass is 10.0. The number of benzene rings is 1. The Morgan fingerprint density at radius 2 is 1.48 bits per heavy atom. The van der Waals surface area contributed by atoms with E-state index in [2.05, 4.69) is 84.9 Å². The largest absolute Gasteiger partial charge is 0.0798 e. The van der Waals surface area contributed by atoms with Crippen molar-refractivity contribution in [1.82, 2.24) is 0 Å². The van der Waals surface area contributed by atoms with Gasteiger partial charge in [-0.2, -0.15) is 0 Å². The molecule has 2 rings (SSSR count). The van der Waals surface area contributed by atoms with Gasteiger partial charge >= 0.3 is 0 Å². The Morgan fingerprint density at radius 3 is 1.95 bits per heavy atom. The first-order valence-corrected chi connectivity index (χ1v) is 9.22. The second-order valence-electron chi connectivity index (χ2n) is 7.96. The first kappa shape index (κ1) is 16.5. The predicted molar refractivity (Wildman–Crippen MR) is 98.9 cm³/mol. The molecule has 1 aliphatic rings. The molecular weight excluding hydrogens is 271 g/mol. The maximum atomic E-state index is 2.40. The molecule has 0 fully saturated rings. The lowest BCUT2D eigenvalue weighted by molar-refractivity contribution is 0.714. The molecule has 1 aromatic carbocycles. The SMILES string of the molecule is CC1=C(c2ccccc2P(C(C)(C)C)C(C)(C)C)CC=C1. The van der Waals surface area contributed by atoms with Gasteiger partial charge in [-0.05, 0) is 45.7 Å². The van der Waals surface area contributed by atoms with Crippen molar-refractivity contribution in [3.63, 3.8) is 0 Å². The van der Waals surface area contributed by atoms with Crippen molar-refractivity contribution < 1.29 is 0 Å². The standard InChI is InChI=1S/C20H29P/c1-15-11-10-13-16(15)17-12-8-9-14-18(17)21(19(2,3)4)20(5,6)7/h8-12,14H,13H2,1-7H3.